The van der Waals surface area contributed by atoms with Crippen molar-refractivity contribution < 1.29 is 29.1 Å². The van der Waals surface area contributed by atoms with E-state index >= 15 is 0 Å². The summed E-state index contributed by atoms with van der Waals surface area (Å²) in [6, 6.07) is 11.5. The molecule has 0 radical (unpaired) electrons. The number of hydrogen-bond donors (Lipinski definition) is 2. The van der Waals surface area contributed by atoms with Gasteiger partial charge >= 0.3 is 19.1 Å². The fourth-order valence-corrected chi connectivity index (χ4v) is 3.53. The molecule has 8 heteroatoms. The monoisotopic (exact) mass is 552 g/mol. The largest absolute Gasteiger partial charge is 0.465 e. The lowest BCUT2D eigenvalue weighted by molar-refractivity contribution is 0.0591. The number of carbonyl (C=O) groups excluding carboxylic acids is 2. The lowest BCUT2D eigenvalue weighted by atomic mass is 9.84. The highest BCUT2D eigenvalue weighted by Gasteiger charge is 2.33. The summed E-state index contributed by atoms with van der Waals surface area (Å²) in [5.74, 6) is 0.412. The Labute approximate surface area is 220 Å². The molecule has 0 saturated heterocycles. The molecule has 4 rings (SSSR count). The van der Waals surface area contributed by atoms with Crippen LogP contribution in [0.5, 0.6) is 0 Å². The second-order valence-electron chi connectivity index (χ2n) is 8.04. The van der Waals surface area contributed by atoms with Crippen molar-refractivity contribution >= 4 is 35.0 Å². The Morgan fingerprint density at radius 3 is 1.60 bits per heavy atom. The zero-order valence-electron chi connectivity index (χ0n) is 18.9. The Morgan fingerprint density at radius 2 is 1.29 bits per heavy atom. The molecule has 196 valence electrons. The van der Waals surface area contributed by atoms with Gasteiger partial charge < -0.3 is 19.5 Å². The molecule has 0 unspecified atom stereocenters. The van der Waals surface area contributed by atoms with Crippen molar-refractivity contribution in [3.8, 4) is 0 Å². The zero-order chi connectivity index (χ0) is 23.8. The SMILES string of the molecule is C.C.C.COC(=O)c1ccc(Br)cc1C.COC(=O)c1ccc(C2CC2)cc1C.OB(O)C1CC1. The minimum Gasteiger partial charge on any atom is -0.465 e. The van der Waals surface area contributed by atoms with Gasteiger partial charge in [-0.25, -0.2) is 9.59 Å². The summed E-state index contributed by atoms with van der Waals surface area (Å²) in [7, 11) is 1.76. The van der Waals surface area contributed by atoms with Crippen molar-refractivity contribution in [2.45, 2.75) is 73.5 Å². The molecular formula is C27H42BBrO6. The van der Waals surface area contributed by atoms with Crippen LogP contribution < -0.4 is 0 Å². The first-order valence-corrected chi connectivity index (χ1v) is 11.4. The quantitative estimate of drug-likeness (QED) is 0.322. The van der Waals surface area contributed by atoms with Gasteiger partial charge in [-0.2, -0.15) is 0 Å². The van der Waals surface area contributed by atoms with Gasteiger partial charge in [0.15, 0.2) is 0 Å². The number of aryl methyl sites for hydroxylation is 2. The van der Waals surface area contributed by atoms with E-state index in [4.69, 9.17) is 14.8 Å². The molecular weight excluding hydrogens is 511 g/mol. The van der Waals surface area contributed by atoms with E-state index in [1.54, 1.807) is 6.07 Å². The standard InChI is InChI=1S/C12H14O2.C9H9BrO2.C3H7BO2.3CH4/c1-8-7-10(9-3-4-9)5-6-11(8)12(13)14-2;1-6-5-7(10)3-4-8(6)9(11)12-2;5-4(6)3-1-2-3;;;/h5-7,9H,3-4H2,1-2H3;3-5H,1-2H3;3,5-6H,1-2H2;3*1H4. The summed E-state index contributed by atoms with van der Waals surface area (Å²) in [4.78, 5) is 22.4. The number of halogens is 1. The molecule has 2 saturated carbocycles. The van der Waals surface area contributed by atoms with Crippen LogP contribution in [0.3, 0.4) is 0 Å². The number of ether oxygens (including phenoxy) is 2. The third-order valence-corrected chi connectivity index (χ3v) is 5.84. The topological polar surface area (TPSA) is 93.1 Å². The Hall–Kier alpha value is -2.16. The van der Waals surface area contributed by atoms with Crippen LogP contribution in [0.2, 0.25) is 5.82 Å². The van der Waals surface area contributed by atoms with Gasteiger partial charge in [0.25, 0.3) is 0 Å². The normalized spacial score (nSPS) is 13.0. The van der Waals surface area contributed by atoms with Crippen LogP contribution in [0.25, 0.3) is 0 Å². The lowest BCUT2D eigenvalue weighted by Crippen LogP contribution is -2.09. The van der Waals surface area contributed by atoms with Crippen LogP contribution in [0, 0.1) is 13.8 Å². The number of esters is 2. The van der Waals surface area contributed by atoms with E-state index in [0.29, 0.717) is 11.1 Å². The van der Waals surface area contributed by atoms with Gasteiger partial charge in [0.05, 0.1) is 25.3 Å². The van der Waals surface area contributed by atoms with Crippen LogP contribution in [0.1, 0.15) is 91.3 Å². The Morgan fingerprint density at radius 1 is 0.829 bits per heavy atom. The van der Waals surface area contributed by atoms with Crippen molar-refractivity contribution in [2.24, 2.45) is 0 Å². The number of rotatable bonds is 4. The van der Waals surface area contributed by atoms with E-state index in [9.17, 15) is 9.59 Å². The van der Waals surface area contributed by atoms with Gasteiger partial charge in [-0.3, -0.25) is 0 Å². The third-order valence-electron chi connectivity index (χ3n) is 5.34. The molecule has 2 aromatic carbocycles. The van der Waals surface area contributed by atoms with Crippen molar-refractivity contribution in [1.29, 1.82) is 0 Å². The summed E-state index contributed by atoms with van der Waals surface area (Å²) < 4.78 is 10.3. The second kappa shape index (κ2) is 16.5. The molecule has 35 heavy (non-hydrogen) atoms. The van der Waals surface area contributed by atoms with Gasteiger partial charge in [0.1, 0.15) is 0 Å². The van der Waals surface area contributed by atoms with Crippen molar-refractivity contribution in [1.82, 2.24) is 0 Å². The third kappa shape index (κ3) is 11.4. The minimum absolute atomic E-state index is 0. The second-order valence-corrected chi connectivity index (χ2v) is 8.96. The molecule has 2 fully saturated rings. The molecule has 0 amide bonds. The summed E-state index contributed by atoms with van der Waals surface area (Å²) in [5, 5.41) is 16.5. The van der Waals surface area contributed by atoms with Gasteiger partial charge in [-0.05, 0) is 79.4 Å². The number of methoxy groups -OCH3 is 2. The molecule has 0 heterocycles. The van der Waals surface area contributed by atoms with Gasteiger partial charge in [-0.1, -0.05) is 63.2 Å². The van der Waals surface area contributed by atoms with Gasteiger partial charge in [-0.15, -0.1) is 0 Å². The molecule has 0 atom stereocenters. The van der Waals surface area contributed by atoms with Crippen LogP contribution in [-0.2, 0) is 9.47 Å². The molecule has 0 aromatic heterocycles. The summed E-state index contributed by atoms with van der Waals surface area (Å²) in [6.45, 7) is 3.83. The maximum Gasteiger partial charge on any atom is 0.454 e. The number of benzene rings is 2. The average Bonchev–Trinajstić information content (AvgIpc) is 3.66. The first-order chi connectivity index (χ1) is 15.2. The molecule has 6 nitrogen and oxygen atoms in total. The fraction of sp³-hybridized carbons (Fsp3) is 0.481. The van der Waals surface area contributed by atoms with E-state index in [0.717, 1.165) is 34.4 Å². The van der Waals surface area contributed by atoms with Crippen LogP contribution >= 0.6 is 15.9 Å². The maximum absolute atomic E-state index is 11.3. The minimum atomic E-state index is -1.04. The highest BCUT2D eigenvalue weighted by Crippen LogP contribution is 2.40. The van der Waals surface area contributed by atoms with E-state index in [1.165, 1.54) is 32.6 Å². The van der Waals surface area contributed by atoms with Crippen LogP contribution in [-0.4, -0.2) is 43.3 Å². The lowest BCUT2D eigenvalue weighted by Gasteiger charge is -2.05. The Balaban J connectivity index is 0. The summed E-state index contributed by atoms with van der Waals surface area (Å²) in [5.41, 5.74) is 4.57. The molecule has 0 spiro atoms. The average molecular weight is 553 g/mol. The first kappa shape index (κ1) is 35.0. The van der Waals surface area contributed by atoms with E-state index < -0.39 is 7.12 Å². The molecule has 0 bridgehead atoms. The number of carbonyl (C=O) groups is 2. The van der Waals surface area contributed by atoms with Gasteiger partial charge in [0, 0.05) is 4.47 Å². The zero-order valence-corrected chi connectivity index (χ0v) is 20.5. The Bertz CT molecular complexity index is 939. The van der Waals surface area contributed by atoms with E-state index in [-0.39, 0.29) is 40.0 Å². The molecule has 2 aliphatic carbocycles. The molecule has 2 aromatic rings. The van der Waals surface area contributed by atoms with Crippen molar-refractivity contribution in [3.05, 3.63) is 68.7 Å². The van der Waals surface area contributed by atoms with Crippen molar-refractivity contribution in [3.63, 3.8) is 0 Å². The van der Waals surface area contributed by atoms with Gasteiger partial charge in [0.2, 0.25) is 0 Å². The molecule has 2 aliphatic rings. The smallest absolute Gasteiger partial charge is 0.454 e. The summed E-state index contributed by atoms with van der Waals surface area (Å²) in [6.07, 6.45) is 4.57. The number of hydrogen-bond acceptors (Lipinski definition) is 6. The predicted molar refractivity (Wildman–Crippen MR) is 148 cm³/mol. The fourth-order valence-electron chi connectivity index (χ4n) is 3.06. The van der Waals surface area contributed by atoms with E-state index in [1.807, 2.05) is 38.1 Å². The van der Waals surface area contributed by atoms with E-state index in [2.05, 4.69) is 26.7 Å². The predicted octanol–water partition coefficient (Wildman–Crippen LogP) is 6.73. The van der Waals surface area contributed by atoms with Crippen LogP contribution in [0.15, 0.2) is 40.9 Å². The Kier molecular flexibility index (Phi) is 16.5. The maximum atomic E-state index is 11.3. The highest BCUT2D eigenvalue weighted by molar-refractivity contribution is 9.10. The van der Waals surface area contributed by atoms with Crippen molar-refractivity contribution in [2.75, 3.05) is 14.2 Å². The molecule has 2 N–H and O–H groups in total. The van der Waals surface area contributed by atoms with Crippen LogP contribution in [0.4, 0.5) is 0 Å². The molecule has 0 aliphatic heterocycles. The summed E-state index contributed by atoms with van der Waals surface area (Å²) >= 11 is 3.32. The first-order valence-electron chi connectivity index (χ1n) is 10.6. The highest BCUT2D eigenvalue weighted by atomic mass is 79.9.